The van der Waals surface area contributed by atoms with E-state index in [1.165, 1.54) is 6.20 Å². The Bertz CT molecular complexity index is 969. The maximum absolute atomic E-state index is 13.3. The third-order valence-electron chi connectivity index (χ3n) is 4.65. The largest absolute Gasteiger partial charge is 0.349 e. The van der Waals surface area contributed by atoms with E-state index in [1.54, 1.807) is 17.0 Å². The van der Waals surface area contributed by atoms with Gasteiger partial charge in [-0.25, -0.2) is 0 Å². The fourth-order valence-electron chi connectivity index (χ4n) is 2.98. The highest BCUT2D eigenvalue weighted by molar-refractivity contribution is 6.06. The highest BCUT2D eigenvalue weighted by Crippen LogP contribution is 2.21. The van der Waals surface area contributed by atoms with Crippen LogP contribution in [-0.2, 0) is 6.54 Å². The molecule has 1 aliphatic carbocycles. The standard InChI is InChI=1S/C23H21N3O2/c27-22(25-19-11-12-19)18-13-14-24-21(15-18)23(28)26(20-9-5-2-6-10-20)16-17-7-3-1-4-8-17/h1-10,13-15,19H,11-12,16H2,(H,25,27). The Labute approximate surface area is 164 Å². The van der Waals surface area contributed by atoms with Crippen LogP contribution in [0.4, 0.5) is 5.69 Å². The average Bonchev–Trinajstić information content (AvgIpc) is 3.57. The first-order valence-electron chi connectivity index (χ1n) is 9.38. The number of carbonyl (C=O) groups excluding carboxylic acids is 2. The minimum absolute atomic E-state index is 0.159. The molecule has 1 heterocycles. The van der Waals surface area contributed by atoms with Crippen LogP contribution >= 0.6 is 0 Å². The van der Waals surface area contributed by atoms with Gasteiger partial charge < -0.3 is 10.2 Å². The summed E-state index contributed by atoms with van der Waals surface area (Å²) in [6.07, 6.45) is 3.55. The van der Waals surface area contributed by atoms with E-state index in [0.717, 1.165) is 24.1 Å². The molecule has 0 atom stereocenters. The van der Waals surface area contributed by atoms with Crippen molar-refractivity contribution in [3.8, 4) is 0 Å². The number of hydrogen-bond donors (Lipinski definition) is 1. The molecule has 1 fully saturated rings. The number of amides is 2. The molecule has 0 bridgehead atoms. The van der Waals surface area contributed by atoms with Crippen molar-refractivity contribution >= 4 is 17.5 Å². The van der Waals surface area contributed by atoms with Gasteiger partial charge in [-0.1, -0.05) is 48.5 Å². The van der Waals surface area contributed by atoms with Gasteiger partial charge in [-0.05, 0) is 42.7 Å². The van der Waals surface area contributed by atoms with Gasteiger partial charge in [0.15, 0.2) is 0 Å². The fraction of sp³-hybridized carbons (Fsp3) is 0.174. The maximum atomic E-state index is 13.3. The van der Waals surface area contributed by atoms with Crippen molar-refractivity contribution in [3.05, 3.63) is 95.8 Å². The SMILES string of the molecule is O=C(NC1CC1)c1ccnc(C(=O)N(Cc2ccccc2)c2ccccc2)c1. The molecular weight excluding hydrogens is 350 g/mol. The summed E-state index contributed by atoms with van der Waals surface area (Å²) in [4.78, 5) is 31.5. The van der Waals surface area contributed by atoms with Gasteiger partial charge in [-0.3, -0.25) is 14.6 Å². The number of benzene rings is 2. The first-order valence-corrected chi connectivity index (χ1v) is 9.38. The molecule has 1 saturated carbocycles. The van der Waals surface area contributed by atoms with Crippen molar-refractivity contribution in [1.29, 1.82) is 0 Å². The first kappa shape index (κ1) is 17.9. The summed E-state index contributed by atoms with van der Waals surface area (Å²) in [6.45, 7) is 0.421. The number of anilines is 1. The van der Waals surface area contributed by atoms with E-state index in [0.29, 0.717) is 12.1 Å². The predicted octanol–water partition coefficient (Wildman–Crippen LogP) is 3.82. The number of carbonyl (C=O) groups is 2. The maximum Gasteiger partial charge on any atom is 0.277 e. The zero-order chi connectivity index (χ0) is 19.3. The van der Waals surface area contributed by atoms with Crippen LogP contribution < -0.4 is 10.2 Å². The number of nitrogens with zero attached hydrogens (tertiary/aromatic N) is 2. The van der Waals surface area contributed by atoms with Crippen LogP contribution in [0.1, 0.15) is 39.3 Å². The van der Waals surface area contributed by atoms with Crippen molar-refractivity contribution in [2.24, 2.45) is 0 Å². The highest BCUT2D eigenvalue weighted by Gasteiger charge is 2.25. The van der Waals surface area contributed by atoms with Gasteiger partial charge in [0.25, 0.3) is 11.8 Å². The molecule has 5 nitrogen and oxygen atoms in total. The van der Waals surface area contributed by atoms with Crippen LogP contribution in [0.5, 0.6) is 0 Å². The lowest BCUT2D eigenvalue weighted by Crippen LogP contribution is -2.31. The van der Waals surface area contributed by atoms with E-state index in [1.807, 2.05) is 60.7 Å². The Kier molecular flexibility index (Phi) is 5.15. The normalized spacial score (nSPS) is 13.0. The molecule has 0 radical (unpaired) electrons. The summed E-state index contributed by atoms with van der Waals surface area (Å²) in [5.41, 5.74) is 2.51. The molecule has 28 heavy (non-hydrogen) atoms. The third-order valence-corrected chi connectivity index (χ3v) is 4.65. The van der Waals surface area contributed by atoms with Gasteiger partial charge >= 0.3 is 0 Å². The van der Waals surface area contributed by atoms with Gasteiger partial charge in [0.2, 0.25) is 0 Å². The predicted molar refractivity (Wildman–Crippen MR) is 108 cm³/mol. The van der Waals surface area contributed by atoms with Gasteiger partial charge in [-0.2, -0.15) is 0 Å². The Morgan fingerprint density at radius 3 is 2.32 bits per heavy atom. The topological polar surface area (TPSA) is 62.3 Å². The molecule has 1 aliphatic rings. The fourth-order valence-corrected chi connectivity index (χ4v) is 2.98. The van der Waals surface area contributed by atoms with Crippen molar-refractivity contribution in [2.45, 2.75) is 25.4 Å². The van der Waals surface area contributed by atoms with Gasteiger partial charge in [-0.15, -0.1) is 0 Å². The summed E-state index contributed by atoms with van der Waals surface area (Å²) >= 11 is 0. The van der Waals surface area contributed by atoms with Crippen LogP contribution in [0.2, 0.25) is 0 Å². The monoisotopic (exact) mass is 371 g/mol. The first-order chi connectivity index (χ1) is 13.7. The second kappa shape index (κ2) is 8.05. The number of rotatable bonds is 6. The van der Waals surface area contributed by atoms with E-state index in [4.69, 9.17) is 0 Å². The molecule has 2 amide bonds. The Hall–Kier alpha value is -3.47. The molecule has 5 heteroatoms. The summed E-state index contributed by atoms with van der Waals surface area (Å²) in [6, 6.07) is 22.8. The van der Waals surface area contributed by atoms with E-state index in [9.17, 15) is 9.59 Å². The van der Waals surface area contributed by atoms with Crippen LogP contribution in [0.3, 0.4) is 0 Å². The molecule has 0 aliphatic heterocycles. The molecule has 1 aromatic heterocycles. The zero-order valence-corrected chi connectivity index (χ0v) is 15.4. The molecule has 0 spiro atoms. The van der Waals surface area contributed by atoms with Crippen LogP contribution in [0.15, 0.2) is 79.0 Å². The second-order valence-corrected chi connectivity index (χ2v) is 6.89. The average molecular weight is 371 g/mol. The minimum atomic E-state index is -0.240. The van der Waals surface area contributed by atoms with Crippen molar-refractivity contribution < 1.29 is 9.59 Å². The Morgan fingerprint density at radius 1 is 0.964 bits per heavy atom. The third kappa shape index (κ3) is 4.26. The number of nitrogens with one attached hydrogen (secondary N) is 1. The van der Waals surface area contributed by atoms with E-state index in [-0.39, 0.29) is 23.6 Å². The van der Waals surface area contributed by atoms with E-state index in [2.05, 4.69) is 10.3 Å². The number of pyridine rings is 1. The summed E-state index contributed by atoms with van der Waals surface area (Å²) < 4.78 is 0. The summed E-state index contributed by atoms with van der Waals surface area (Å²) in [7, 11) is 0. The highest BCUT2D eigenvalue weighted by atomic mass is 16.2. The molecule has 140 valence electrons. The van der Waals surface area contributed by atoms with Crippen molar-refractivity contribution in [2.75, 3.05) is 4.90 Å². The Morgan fingerprint density at radius 2 is 1.64 bits per heavy atom. The second-order valence-electron chi connectivity index (χ2n) is 6.89. The van der Waals surface area contributed by atoms with Crippen molar-refractivity contribution in [1.82, 2.24) is 10.3 Å². The van der Waals surface area contributed by atoms with Gasteiger partial charge in [0, 0.05) is 23.5 Å². The molecule has 3 aromatic rings. The number of aromatic nitrogens is 1. The van der Waals surface area contributed by atoms with Crippen LogP contribution in [-0.4, -0.2) is 22.8 Å². The zero-order valence-electron chi connectivity index (χ0n) is 15.4. The summed E-state index contributed by atoms with van der Waals surface area (Å²) in [5.74, 6) is -0.399. The van der Waals surface area contributed by atoms with Gasteiger partial charge in [0.05, 0.1) is 6.54 Å². The number of hydrogen-bond acceptors (Lipinski definition) is 3. The molecule has 0 unspecified atom stereocenters. The lowest BCUT2D eigenvalue weighted by Gasteiger charge is -2.23. The van der Waals surface area contributed by atoms with Crippen molar-refractivity contribution in [3.63, 3.8) is 0 Å². The number of para-hydroxylation sites is 1. The molecule has 0 saturated heterocycles. The quantitative estimate of drug-likeness (QED) is 0.716. The van der Waals surface area contributed by atoms with Crippen LogP contribution in [0.25, 0.3) is 0 Å². The van der Waals surface area contributed by atoms with E-state index >= 15 is 0 Å². The lowest BCUT2D eigenvalue weighted by atomic mass is 10.1. The Balaban J connectivity index is 1.62. The summed E-state index contributed by atoms with van der Waals surface area (Å²) in [5, 5.41) is 2.95. The van der Waals surface area contributed by atoms with E-state index < -0.39 is 0 Å². The van der Waals surface area contributed by atoms with Crippen LogP contribution in [0, 0.1) is 0 Å². The smallest absolute Gasteiger partial charge is 0.277 e. The molecule has 2 aromatic carbocycles. The lowest BCUT2D eigenvalue weighted by molar-refractivity contribution is 0.0951. The molecule has 1 N–H and O–H groups in total. The molecular formula is C23H21N3O2. The van der Waals surface area contributed by atoms with Gasteiger partial charge in [0.1, 0.15) is 5.69 Å². The molecule has 4 rings (SSSR count). The minimum Gasteiger partial charge on any atom is -0.349 e.